The highest BCUT2D eigenvalue weighted by molar-refractivity contribution is 5.85. The number of hydrogen-bond acceptors (Lipinski definition) is 4. The van der Waals surface area contributed by atoms with E-state index in [1.807, 2.05) is 0 Å². The Bertz CT molecular complexity index is 673. The fraction of sp³-hybridized carbons (Fsp3) is 0.682. The van der Waals surface area contributed by atoms with E-state index in [0.717, 1.165) is 58.7 Å². The summed E-state index contributed by atoms with van der Waals surface area (Å²) in [5, 5.41) is 3.47. The molecular weight excluding hydrogens is 407 g/mol. The Balaban J connectivity index is 0.00000150. The van der Waals surface area contributed by atoms with Crippen LogP contribution in [0, 0.1) is 5.41 Å². The van der Waals surface area contributed by atoms with Crippen molar-refractivity contribution < 1.29 is 4.79 Å². The number of anilines is 1. The monoisotopic (exact) mass is 442 g/mol. The van der Waals surface area contributed by atoms with Gasteiger partial charge >= 0.3 is 0 Å². The van der Waals surface area contributed by atoms with E-state index < -0.39 is 0 Å². The maximum atomic E-state index is 13.3. The molecule has 1 aromatic rings. The van der Waals surface area contributed by atoms with Crippen LogP contribution in [-0.2, 0) is 11.2 Å². The summed E-state index contributed by atoms with van der Waals surface area (Å²) in [5.41, 5.74) is 3.11. The Morgan fingerprint density at radius 1 is 1.10 bits per heavy atom. The number of carbonyl (C=O) groups is 1. The Kier molecular flexibility index (Phi) is 8.65. The SMILES string of the molecule is CCc1ccccc1N1CCN(C(=O)C2CC3(CCNCC3)CN2C)CC1.Cl.Cl. The molecule has 1 unspecified atom stereocenters. The second kappa shape index (κ2) is 10.3. The number of piperidine rings is 1. The van der Waals surface area contributed by atoms with Gasteiger partial charge in [0.1, 0.15) is 0 Å². The number of rotatable bonds is 3. The summed E-state index contributed by atoms with van der Waals surface area (Å²) < 4.78 is 0. The highest BCUT2D eigenvalue weighted by Crippen LogP contribution is 2.41. The molecule has 3 aliphatic rings. The largest absolute Gasteiger partial charge is 0.368 e. The summed E-state index contributed by atoms with van der Waals surface area (Å²) in [4.78, 5) is 20.2. The highest BCUT2D eigenvalue weighted by atomic mass is 35.5. The third kappa shape index (κ3) is 5.01. The lowest BCUT2D eigenvalue weighted by Crippen LogP contribution is -2.53. The number of likely N-dealkylation sites (tertiary alicyclic amines) is 1. The van der Waals surface area contributed by atoms with Crippen molar-refractivity contribution in [3.8, 4) is 0 Å². The van der Waals surface area contributed by atoms with E-state index in [2.05, 4.69) is 58.3 Å². The van der Waals surface area contributed by atoms with Crippen LogP contribution in [0.15, 0.2) is 24.3 Å². The predicted octanol–water partition coefficient (Wildman–Crippen LogP) is 2.82. The molecule has 4 rings (SSSR count). The number of para-hydroxylation sites is 1. The van der Waals surface area contributed by atoms with Gasteiger partial charge in [-0.25, -0.2) is 0 Å². The summed E-state index contributed by atoms with van der Waals surface area (Å²) in [6.07, 6.45) is 4.52. The zero-order chi connectivity index (χ0) is 18.9. The smallest absolute Gasteiger partial charge is 0.240 e. The van der Waals surface area contributed by atoms with Gasteiger partial charge in [0.05, 0.1) is 6.04 Å². The highest BCUT2D eigenvalue weighted by Gasteiger charge is 2.46. The number of aryl methyl sites for hydroxylation is 1. The van der Waals surface area contributed by atoms with Gasteiger partial charge in [0, 0.05) is 38.4 Å². The van der Waals surface area contributed by atoms with Gasteiger partial charge in [-0.05, 0) is 62.9 Å². The van der Waals surface area contributed by atoms with Gasteiger partial charge < -0.3 is 15.1 Å². The van der Waals surface area contributed by atoms with Crippen LogP contribution in [0.3, 0.4) is 0 Å². The van der Waals surface area contributed by atoms with Gasteiger partial charge in [-0.3, -0.25) is 9.69 Å². The van der Waals surface area contributed by atoms with Crippen LogP contribution in [0.5, 0.6) is 0 Å². The first-order valence-corrected chi connectivity index (χ1v) is 10.6. The molecule has 3 fully saturated rings. The first-order chi connectivity index (χ1) is 13.1. The van der Waals surface area contributed by atoms with Gasteiger partial charge in [0.15, 0.2) is 0 Å². The Morgan fingerprint density at radius 2 is 1.76 bits per heavy atom. The van der Waals surface area contributed by atoms with Crippen LogP contribution >= 0.6 is 24.8 Å². The van der Waals surface area contributed by atoms with E-state index in [1.165, 1.54) is 24.1 Å². The molecule has 29 heavy (non-hydrogen) atoms. The molecule has 3 heterocycles. The second-order valence-corrected chi connectivity index (χ2v) is 8.68. The number of amides is 1. The van der Waals surface area contributed by atoms with E-state index in [1.54, 1.807) is 0 Å². The fourth-order valence-corrected chi connectivity index (χ4v) is 5.36. The Hall–Kier alpha value is -1.01. The number of benzene rings is 1. The standard InChI is InChI=1S/C22H34N4O.2ClH/c1-3-18-6-4-5-7-19(18)25-12-14-26(15-13-25)21(27)20-16-22(17-24(20)2)8-10-23-11-9-22;;/h4-7,20,23H,3,8-17H2,1-2H3;2*1H. The maximum Gasteiger partial charge on any atom is 0.240 e. The summed E-state index contributed by atoms with van der Waals surface area (Å²) in [6.45, 7) is 9.06. The minimum absolute atomic E-state index is 0. The summed E-state index contributed by atoms with van der Waals surface area (Å²) >= 11 is 0. The minimum Gasteiger partial charge on any atom is -0.368 e. The number of carbonyl (C=O) groups excluding carboxylic acids is 1. The van der Waals surface area contributed by atoms with Crippen molar-refractivity contribution in [1.29, 1.82) is 0 Å². The molecule has 0 saturated carbocycles. The van der Waals surface area contributed by atoms with Crippen molar-refractivity contribution in [2.24, 2.45) is 5.41 Å². The van der Waals surface area contributed by atoms with E-state index >= 15 is 0 Å². The number of nitrogens with one attached hydrogen (secondary N) is 1. The maximum absolute atomic E-state index is 13.3. The molecule has 7 heteroatoms. The van der Waals surface area contributed by atoms with Gasteiger partial charge in [0.25, 0.3) is 0 Å². The van der Waals surface area contributed by atoms with E-state index in [0.29, 0.717) is 11.3 Å². The van der Waals surface area contributed by atoms with Crippen molar-refractivity contribution >= 4 is 36.4 Å². The number of halogens is 2. The van der Waals surface area contributed by atoms with Crippen LogP contribution in [0.1, 0.15) is 31.7 Å². The third-order valence-electron chi connectivity index (χ3n) is 7.00. The van der Waals surface area contributed by atoms with E-state index in [-0.39, 0.29) is 30.9 Å². The Morgan fingerprint density at radius 3 is 2.41 bits per heavy atom. The number of hydrogen-bond donors (Lipinski definition) is 1. The molecule has 1 spiro atoms. The van der Waals surface area contributed by atoms with Crippen molar-refractivity contribution in [2.45, 2.75) is 38.6 Å². The second-order valence-electron chi connectivity index (χ2n) is 8.68. The molecule has 3 aliphatic heterocycles. The van der Waals surface area contributed by atoms with E-state index in [4.69, 9.17) is 0 Å². The molecule has 1 amide bonds. The molecule has 0 aromatic heterocycles. The molecule has 0 radical (unpaired) electrons. The lowest BCUT2D eigenvalue weighted by atomic mass is 9.77. The molecule has 0 aliphatic carbocycles. The average molecular weight is 443 g/mol. The molecule has 0 bridgehead atoms. The molecule has 1 atom stereocenters. The van der Waals surface area contributed by atoms with Crippen molar-refractivity contribution in [3.63, 3.8) is 0 Å². The van der Waals surface area contributed by atoms with Gasteiger partial charge in [-0.2, -0.15) is 0 Å². The molecular formula is C22H36Cl2N4O. The zero-order valence-corrected chi connectivity index (χ0v) is 19.4. The number of piperazine rings is 1. The molecule has 164 valence electrons. The summed E-state index contributed by atoms with van der Waals surface area (Å²) in [5.74, 6) is 0.358. The average Bonchev–Trinajstić information content (AvgIpc) is 3.03. The van der Waals surface area contributed by atoms with Crippen molar-refractivity contribution in [3.05, 3.63) is 29.8 Å². The molecule has 5 nitrogen and oxygen atoms in total. The predicted molar refractivity (Wildman–Crippen MR) is 125 cm³/mol. The van der Waals surface area contributed by atoms with E-state index in [9.17, 15) is 4.79 Å². The third-order valence-corrected chi connectivity index (χ3v) is 7.00. The van der Waals surface area contributed by atoms with Gasteiger partial charge in [-0.15, -0.1) is 24.8 Å². The lowest BCUT2D eigenvalue weighted by Gasteiger charge is -2.38. The van der Waals surface area contributed by atoms with Crippen LogP contribution < -0.4 is 10.2 Å². The number of likely N-dealkylation sites (N-methyl/N-ethyl adjacent to an activating group) is 1. The van der Waals surface area contributed by atoms with Crippen LogP contribution in [0.4, 0.5) is 5.69 Å². The quantitative estimate of drug-likeness (QED) is 0.780. The summed E-state index contributed by atoms with van der Waals surface area (Å²) in [6, 6.07) is 8.77. The van der Waals surface area contributed by atoms with Crippen LogP contribution in [0.2, 0.25) is 0 Å². The van der Waals surface area contributed by atoms with Crippen molar-refractivity contribution in [2.75, 3.05) is 57.8 Å². The first kappa shape index (κ1) is 24.3. The van der Waals surface area contributed by atoms with Crippen LogP contribution in [-0.4, -0.2) is 74.6 Å². The number of nitrogens with zero attached hydrogens (tertiary/aromatic N) is 3. The van der Waals surface area contributed by atoms with Crippen molar-refractivity contribution in [1.82, 2.24) is 15.1 Å². The fourth-order valence-electron chi connectivity index (χ4n) is 5.36. The van der Waals surface area contributed by atoms with Crippen LogP contribution in [0.25, 0.3) is 0 Å². The topological polar surface area (TPSA) is 38.8 Å². The summed E-state index contributed by atoms with van der Waals surface area (Å²) in [7, 11) is 2.15. The molecule has 1 aromatic carbocycles. The lowest BCUT2D eigenvalue weighted by molar-refractivity contribution is -0.135. The molecule has 1 N–H and O–H groups in total. The molecule has 3 saturated heterocycles. The van der Waals surface area contributed by atoms with Gasteiger partial charge in [0.2, 0.25) is 5.91 Å². The first-order valence-electron chi connectivity index (χ1n) is 10.6. The van der Waals surface area contributed by atoms with Gasteiger partial charge in [-0.1, -0.05) is 25.1 Å². The Labute approximate surface area is 188 Å². The minimum atomic E-state index is 0. The normalized spacial score (nSPS) is 24.1. The zero-order valence-electron chi connectivity index (χ0n) is 17.7.